The smallest absolute Gasteiger partial charge is 0.150 e. The van der Waals surface area contributed by atoms with Crippen LogP contribution in [-0.2, 0) is 6.42 Å². The molecule has 17 heavy (non-hydrogen) atoms. The van der Waals surface area contributed by atoms with Crippen molar-refractivity contribution >= 4 is 6.29 Å². The fourth-order valence-electron chi connectivity index (χ4n) is 3.09. The Labute approximate surface area is 104 Å². The van der Waals surface area contributed by atoms with E-state index in [4.69, 9.17) is 0 Å². The fourth-order valence-corrected chi connectivity index (χ4v) is 3.09. The summed E-state index contributed by atoms with van der Waals surface area (Å²) >= 11 is 0. The van der Waals surface area contributed by atoms with Crippen molar-refractivity contribution in [1.29, 1.82) is 0 Å². The molecule has 2 unspecified atom stereocenters. The van der Waals surface area contributed by atoms with Crippen LogP contribution in [0.1, 0.15) is 54.9 Å². The van der Waals surface area contributed by atoms with E-state index >= 15 is 0 Å². The van der Waals surface area contributed by atoms with Crippen LogP contribution in [0, 0.1) is 11.8 Å². The van der Waals surface area contributed by atoms with Gasteiger partial charge in [0.2, 0.25) is 0 Å². The Bertz CT molecular complexity index is 370. The number of hydrogen-bond donors (Lipinski definition) is 0. The third-order valence-corrected chi connectivity index (χ3v) is 4.08. The second-order valence-electron chi connectivity index (χ2n) is 5.37. The van der Waals surface area contributed by atoms with E-state index in [0.717, 1.165) is 30.1 Å². The maximum atomic E-state index is 10.7. The van der Waals surface area contributed by atoms with E-state index in [1.54, 1.807) is 0 Å². The van der Waals surface area contributed by atoms with Gasteiger partial charge in [0.25, 0.3) is 0 Å². The zero-order chi connectivity index (χ0) is 12.1. The van der Waals surface area contributed by atoms with Crippen LogP contribution >= 0.6 is 0 Å². The topological polar surface area (TPSA) is 17.1 Å². The molecule has 1 aromatic carbocycles. The van der Waals surface area contributed by atoms with Crippen LogP contribution in [0.2, 0.25) is 0 Å². The fraction of sp³-hybridized carbons (Fsp3) is 0.562. The first-order chi connectivity index (χ1) is 8.31. The molecule has 0 aromatic heterocycles. The molecule has 1 aromatic rings. The summed E-state index contributed by atoms with van der Waals surface area (Å²) in [5, 5.41) is 0. The van der Waals surface area contributed by atoms with Gasteiger partial charge in [-0.1, -0.05) is 50.8 Å². The Morgan fingerprint density at radius 2 is 2.12 bits per heavy atom. The number of carbonyl (C=O) groups is 1. The summed E-state index contributed by atoms with van der Waals surface area (Å²) in [7, 11) is 0. The molecule has 0 heterocycles. The summed E-state index contributed by atoms with van der Waals surface area (Å²) in [6.07, 6.45) is 8.96. The second kappa shape index (κ2) is 6.00. The van der Waals surface area contributed by atoms with E-state index in [2.05, 4.69) is 13.0 Å². The first-order valence-corrected chi connectivity index (χ1v) is 6.86. The van der Waals surface area contributed by atoms with Gasteiger partial charge in [0, 0.05) is 5.56 Å². The molecule has 1 fully saturated rings. The first kappa shape index (κ1) is 12.3. The highest BCUT2D eigenvalue weighted by Crippen LogP contribution is 2.32. The summed E-state index contributed by atoms with van der Waals surface area (Å²) < 4.78 is 0. The summed E-state index contributed by atoms with van der Waals surface area (Å²) in [6, 6.07) is 8.08. The minimum atomic E-state index is 0.811. The minimum Gasteiger partial charge on any atom is -0.298 e. The van der Waals surface area contributed by atoms with E-state index in [0.29, 0.717) is 0 Å². The van der Waals surface area contributed by atoms with Crippen LogP contribution in [0.15, 0.2) is 24.3 Å². The molecule has 1 heteroatoms. The summed E-state index contributed by atoms with van der Waals surface area (Å²) in [5.41, 5.74) is 2.14. The highest BCUT2D eigenvalue weighted by molar-refractivity contribution is 5.74. The molecule has 0 N–H and O–H groups in total. The van der Waals surface area contributed by atoms with Gasteiger partial charge >= 0.3 is 0 Å². The molecule has 0 saturated heterocycles. The molecular formula is C16H22O. The first-order valence-electron chi connectivity index (χ1n) is 6.86. The van der Waals surface area contributed by atoms with Gasteiger partial charge < -0.3 is 0 Å². The van der Waals surface area contributed by atoms with Gasteiger partial charge in [-0.15, -0.1) is 0 Å². The zero-order valence-corrected chi connectivity index (χ0v) is 10.7. The lowest BCUT2D eigenvalue weighted by Crippen LogP contribution is -2.16. The standard InChI is InChI=1S/C16H22O/c1-2-13-5-3-6-14(9-13)10-15-7-4-8-16(11-15)12-17/h4,7-8,11-14H,2-3,5-6,9-10H2,1H3. The Kier molecular flexibility index (Phi) is 4.36. The molecule has 0 aliphatic heterocycles. The van der Waals surface area contributed by atoms with Crippen LogP contribution in [0.5, 0.6) is 0 Å². The Hall–Kier alpha value is -1.11. The van der Waals surface area contributed by atoms with Gasteiger partial charge in [-0.05, 0) is 36.3 Å². The van der Waals surface area contributed by atoms with Crippen LogP contribution in [0.3, 0.4) is 0 Å². The van der Waals surface area contributed by atoms with Crippen molar-refractivity contribution in [2.75, 3.05) is 0 Å². The monoisotopic (exact) mass is 230 g/mol. The van der Waals surface area contributed by atoms with Crippen LogP contribution in [0.4, 0.5) is 0 Å². The van der Waals surface area contributed by atoms with Crippen molar-refractivity contribution in [1.82, 2.24) is 0 Å². The van der Waals surface area contributed by atoms with Crippen molar-refractivity contribution in [3.63, 3.8) is 0 Å². The largest absolute Gasteiger partial charge is 0.298 e. The predicted molar refractivity (Wildman–Crippen MR) is 71.3 cm³/mol. The quantitative estimate of drug-likeness (QED) is 0.706. The molecular weight excluding hydrogens is 208 g/mol. The van der Waals surface area contributed by atoms with Crippen LogP contribution < -0.4 is 0 Å². The average Bonchev–Trinajstić information content (AvgIpc) is 2.39. The summed E-state index contributed by atoms with van der Waals surface area (Å²) in [6.45, 7) is 2.31. The van der Waals surface area contributed by atoms with E-state index in [-0.39, 0.29) is 0 Å². The molecule has 0 spiro atoms. The van der Waals surface area contributed by atoms with Gasteiger partial charge in [0.05, 0.1) is 0 Å². The Morgan fingerprint density at radius 1 is 1.29 bits per heavy atom. The molecule has 1 nitrogen and oxygen atoms in total. The van der Waals surface area contributed by atoms with Crippen molar-refractivity contribution in [3.8, 4) is 0 Å². The lowest BCUT2D eigenvalue weighted by Gasteiger charge is -2.28. The van der Waals surface area contributed by atoms with Gasteiger partial charge in [0.15, 0.2) is 0 Å². The minimum absolute atomic E-state index is 0.811. The number of hydrogen-bond acceptors (Lipinski definition) is 1. The SMILES string of the molecule is CCC1CCCC(Cc2cccc(C=O)c2)C1. The average molecular weight is 230 g/mol. The van der Waals surface area contributed by atoms with E-state index < -0.39 is 0 Å². The molecule has 0 radical (unpaired) electrons. The molecule has 0 amide bonds. The molecule has 92 valence electrons. The maximum Gasteiger partial charge on any atom is 0.150 e. The summed E-state index contributed by atoms with van der Waals surface area (Å²) in [4.78, 5) is 10.7. The molecule has 1 aliphatic carbocycles. The highest BCUT2D eigenvalue weighted by atomic mass is 16.1. The van der Waals surface area contributed by atoms with Gasteiger partial charge in [-0.2, -0.15) is 0 Å². The molecule has 1 saturated carbocycles. The predicted octanol–water partition coefficient (Wildman–Crippen LogP) is 4.26. The van der Waals surface area contributed by atoms with Gasteiger partial charge in [0.1, 0.15) is 6.29 Å². The normalized spacial score (nSPS) is 24.5. The Balaban J connectivity index is 1.97. The van der Waals surface area contributed by atoms with Gasteiger partial charge in [-0.25, -0.2) is 0 Å². The van der Waals surface area contributed by atoms with E-state index in [1.165, 1.54) is 37.7 Å². The lowest BCUT2D eigenvalue weighted by molar-refractivity contribution is 0.112. The maximum absolute atomic E-state index is 10.7. The summed E-state index contributed by atoms with van der Waals surface area (Å²) in [5.74, 6) is 1.76. The third kappa shape index (κ3) is 3.42. The number of aldehydes is 1. The van der Waals surface area contributed by atoms with Crippen molar-refractivity contribution in [2.45, 2.75) is 45.4 Å². The van der Waals surface area contributed by atoms with Gasteiger partial charge in [-0.3, -0.25) is 4.79 Å². The molecule has 1 aliphatic rings. The number of rotatable bonds is 4. The number of carbonyl (C=O) groups excluding carboxylic acids is 1. The van der Waals surface area contributed by atoms with Crippen LogP contribution in [0.25, 0.3) is 0 Å². The number of benzene rings is 1. The second-order valence-corrected chi connectivity index (χ2v) is 5.37. The lowest BCUT2D eigenvalue weighted by atomic mass is 9.77. The molecule has 2 atom stereocenters. The van der Waals surface area contributed by atoms with Crippen molar-refractivity contribution < 1.29 is 4.79 Å². The van der Waals surface area contributed by atoms with E-state index in [9.17, 15) is 4.79 Å². The zero-order valence-electron chi connectivity index (χ0n) is 10.7. The van der Waals surface area contributed by atoms with Crippen LogP contribution in [-0.4, -0.2) is 6.29 Å². The third-order valence-electron chi connectivity index (χ3n) is 4.08. The highest BCUT2D eigenvalue weighted by Gasteiger charge is 2.20. The Morgan fingerprint density at radius 3 is 2.88 bits per heavy atom. The molecule has 0 bridgehead atoms. The van der Waals surface area contributed by atoms with E-state index in [1.807, 2.05) is 18.2 Å². The van der Waals surface area contributed by atoms with Crippen molar-refractivity contribution in [3.05, 3.63) is 35.4 Å². The van der Waals surface area contributed by atoms with Crippen molar-refractivity contribution in [2.24, 2.45) is 11.8 Å². The molecule has 2 rings (SSSR count).